The number of fused-ring (bicyclic) bond motifs is 1. The molecule has 1 N–H and O–H groups in total. The number of amides is 1. The SMILES string of the molecule is O=C(OCCc1cccc2c1[C@@H](Cl)C(=O)N2)c1ccc(C(F)(F)F)cc1. The predicted molar refractivity (Wildman–Crippen MR) is 89.1 cm³/mol. The van der Waals surface area contributed by atoms with Gasteiger partial charge in [-0.25, -0.2) is 4.79 Å². The summed E-state index contributed by atoms with van der Waals surface area (Å²) in [6.45, 7) is 0.00804. The number of esters is 1. The van der Waals surface area contributed by atoms with Gasteiger partial charge in [0, 0.05) is 17.7 Å². The minimum Gasteiger partial charge on any atom is -0.462 e. The molecule has 0 bridgehead atoms. The van der Waals surface area contributed by atoms with Crippen LogP contribution in [0.15, 0.2) is 42.5 Å². The number of carbonyl (C=O) groups is 2. The van der Waals surface area contributed by atoms with Gasteiger partial charge in [0.15, 0.2) is 0 Å². The van der Waals surface area contributed by atoms with Crippen molar-refractivity contribution in [1.82, 2.24) is 0 Å². The van der Waals surface area contributed by atoms with E-state index in [2.05, 4.69) is 5.32 Å². The quantitative estimate of drug-likeness (QED) is 0.631. The number of hydrogen-bond donors (Lipinski definition) is 1. The van der Waals surface area contributed by atoms with Gasteiger partial charge in [0.05, 0.1) is 17.7 Å². The predicted octanol–water partition coefficient (Wildman–Crippen LogP) is 4.34. The number of ether oxygens (including phenoxy) is 1. The van der Waals surface area contributed by atoms with E-state index in [-0.39, 0.29) is 18.1 Å². The molecule has 1 aliphatic rings. The van der Waals surface area contributed by atoms with Gasteiger partial charge in [-0.1, -0.05) is 12.1 Å². The van der Waals surface area contributed by atoms with Crippen molar-refractivity contribution in [1.29, 1.82) is 0 Å². The molecule has 0 spiro atoms. The van der Waals surface area contributed by atoms with Crippen LogP contribution in [-0.2, 0) is 22.1 Å². The van der Waals surface area contributed by atoms with Crippen LogP contribution in [0.4, 0.5) is 18.9 Å². The van der Waals surface area contributed by atoms with E-state index in [1.54, 1.807) is 18.2 Å². The van der Waals surface area contributed by atoms with E-state index in [0.717, 1.165) is 29.8 Å². The summed E-state index contributed by atoms with van der Waals surface area (Å²) in [5.41, 5.74) is 1.25. The van der Waals surface area contributed by atoms with Crippen molar-refractivity contribution in [3.05, 3.63) is 64.7 Å². The van der Waals surface area contributed by atoms with Gasteiger partial charge in [-0.15, -0.1) is 11.6 Å². The highest BCUT2D eigenvalue weighted by atomic mass is 35.5. The van der Waals surface area contributed by atoms with Gasteiger partial charge in [-0.2, -0.15) is 13.2 Å². The number of halogens is 4. The monoisotopic (exact) mass is 383 g/mol. The molecule has 0 unspecified atom stereocenters. The van der Waals surface area contributed by atoms with Crippen molar-refractivity contribution >= 4 is 29.2 Å². The molecule has 3 rings (SSSR count). The van der Waals surface area contributed by atoms with Crippen molar-refractivity contribution in [2.24, 2.45) is 0 Å². The van der Waals surface area contributed by atoms with Crippen LogP contribution in [0, 0.1) is 0 Å². The van der Waals surface area contributed by atoms with E-state index < -0.39 is 23.1 Å². The lowest BCUT2D eigenvalue weighted by atomic mass is 10.0. The summed E-state index contributed by atoms with van der Waals surface area (Å²) >= 11 is 6.08. The summed E-state index contributed by atoms with van der Waals surface area (Å²) < 4.78 is 42.7. The molecule has 0 saturated carbocycles. The molecular weight excluding hydrogens is 371 g/mol. The molecule has 1 atom stereocenters. The van der Waals surface area contributed by atoms with Gasteiger partial charge >= 0.3 is 12.1 Å². The molecule has 0 fully saturated rings. The maximum atomic E-state index is 12.5. The van der Waals surface area contributed by atoms with Crippen LogP contribution in [0.5, 0.6) is 0 Å². The van der Waals surface area contributed by atoms with Crippen LogP contribution in [0.25, 0.3) is 0 Å². The molecular formula is C18H13ClF3NO3. The molecule has 2 aromatic rings. The third-order valence-electron chi connectivity index (χ3n) is 3.99. The van der Waals surface area contributed by atoms with E-state index in [1.165, 1.54) is 0 Å². The van der Waals surface area contributed by atoms with Gasteiger partial charge in [0.1, 0.15) is 5.38 Å². The molecule has 0 radical (unpaired) electrons. The molecule has 1 aliphatic heterocycles. The Morgan fingerprint density at radius 3 is 2.50 bits per heavy atom. The van der Waals surface area contributed by atoms with E-state index >= 15 is 0 Å². The van der Waals surface area contributed by atoms with E-state index in [1.807, 2.05) is 0 Å². The van der Waals surface area contributed by atoms with Crippen LogP contribution in [0.2, 0.25) is 0 Å². The Hall–Kier alpha value is -2.54. The number of anilines is 1. The second-order valence-corrected chi connectivity index (χ2v) is 6.13. The zero-order chi connectivity index (χ0) is 18.9. The second-order valence-electron chi connectivity index (χ2n) is 5.69. The van der Waals surface area contributed by atoms with Crippen molar-refractivity contribution in [2.75, 3.05) is 11.9 Å². The van der Waals surface area contributed by atoms with Gasteiger partial charge in [0.25, 0.3) is 0 Å². The fraction of sp³-hybridized carbons (Fsp3) is 0.222. The first-order valence-electron chi connectivity index (χ1n) is 7.68. The lowest BCUT2D eigenvalue weighted by molar-refractivity contribution is -0.137. The molecule has 0 aliphatic carbocycles. The Balaban J connectivity index is 1.62. The fourth-order valence-corrected chi connectivity index (χ4v) is 3.01. The first-order chi connectivity index (χ1) is 12.3. The molecule has 0 aromatic heterocycles. The molecule has 26 heavy (non-hydrogen) atoms. The summed E-state index contributed by atoms with van der Waals surface area (Å²) in [5, 5.41) is 1.86. The van der Waals surface area contributed by atoms with Crippen molar-refractivity contribution < 1.29 is 27.5 Å². The summed E-state index contributed by atoms with van der Waals surface area (Å²) in [6.07, 6.45) is -4.13. The highest BCUT2D eigenvalue weighted by Crippen LogP contribution is 2.37. The minimum absolute atomic E-state index is 0.00804. The Bertz CT molecular complexity index is 850. The summed E-state index contributed by atoms with van der Waals surface area (Å²) in [6, 6.07) is 9.06. The number of rotatable bonds is 4. The first kappa shape index (κ1) is 18.3. The molecule has 136 valence electrons. The number of hydrogen-bond acceptors (Lipinski definition) is 3. The normalized spacial score (nSPS) is 16.2. The third-order valence-corrected chi connectivity index (χ3v) is 4.41. The van der Waals surface area contributed by atoms with E-state index in [4.69, 9.17) is 16.3 Å². The van der Waals surface area contributed by atoms with E-state index in [0.29, 0.717) is 17.7 Å². The van der Waals surface area contributed by atoms with E-state index in [9.17, 15) is 22.8 Å². The number of alkyl halides is 4. The van der Waals surface area contributed by atoms with Crippen LogP contribution >= 0.6 is 11.6 Å². The van der Waals surface area contributed by atoms with Crippen LogP contribution in [0.3, 0.4) is 0 Å². The van der Waals surface area contributed by atoms with Crippen LogP contribution < -0.4 is 5.32 Å². The smallest absolute Gasteiger partial charge is 0.416 e. The largest absolute Gasteiger partial charge is 0.462 e. The zero-order valence-corrected chi connectivity index (χ0v) is 14.0. The number of benzene rings is 2. The van der Waals surface area contributed by atoms with Crippen molar-refractivity contribution in [2.45, 2.75) is 18.0 Å². The van der Waals surface area contributed by atoms with Gasteiger partial charge in [-0.05, 0) is 35.9 Å². The highest BCUT2D eigenvalue weighted by Gasteiger charge is 2.31. The highest BCUT2D eigenvalue weighted by molar-refractivity contribution is 6.35. The average Bonchev–Trinajstić information content (AvgIpc) is 2.89. The number of carbonyl (C=O) groups excluding carboxylic acids is 2. The molecule has 1 amide bonds. The third kappa shape index (κ3) is 3.67. The first-order valence-corrected chi connectivity index (χ1v) is 8.12. The summed E-state index contributed by atoms with van der Waals surface area (Å²) in [7, 11) is 0. The van der Waals surface area contributed by atoms with Crippen molar-refractivity contribution in [3.8, 4) is 0 Å². The Morgan fingerprint density at radius 1 is 1.15 bits per heavy atom. The minimum atomic E-state index is -4.46. The Kier molecular flexibility index (Phi) is 4.91. The fourth-order valence-electron chi connectivity index (χ4n) is 2.70. The maximum absolute atomic E-state index is 12.5. The van der Waals surface area contributed by atoms with Crippen LogP contribution in [-0.4, -0.2) is 18.5 Å². The Labute approximate surface area is 151 Å². The molecule has 0 saturated heterocycles. The lowest BCUT2D eigenvalue weighted by Crippen LogP contribution is -2.11. The molecule has 1 heterocycles. The number of nitrogens with one attached hydrogen (secondary N) is 1. The van der Waals surface area contributed by atoms with Gasteiger partial charge < -0.3 is 10.1 Å². The Morgan fingerprint density at radius 2 is 1.85 bits per heavy atom. The topological polar surface area (TPSA) is 55.4 Å². The standard InChI is InChI=1S/C18H13ClF3NO3/c19-15-14-10(2-1-3-13(14)23-16(15)24)8-9-26-17(25)11-4-6-12(7-5-11)18(20,21)22/h1-7,15H,8-9H2,(H,23,24)/t15-/m1/s1. The maximum Gasteiger partial charge on any atom is 0.416 e. The second kappa shape index (κ2) is 6.99. The van der Waals surface area contributed by atoms with Gasteiger partial charge in [0.2, 0.25) is 5.91 Å². The average molecular weight is 384 g/mol. The van der Waals surface area contributed by atoms with Crippen LogP contribution in [0.1, 0.15) is 32.4 Å². The molecule has 4 nitrogen and oxygen atoms in total. The molecule has 2 aromatic carbocycles. The molecule has 8 heteroatoms. The van der Waals surface area contributed by atoms with Crippen molar-refractivity contribution in [3.63, 3.8) is 0 Å². The summed E-state index contributed by atoms with van der Waals surface area (Å²) in [5.74, 6) is -1.03. The zero-order valence-electron chi connectivity index (χ0n) is 13.3. The van der Waals surface area contributed by atoms with Gasteiger partial charge in [-0.3, -0.25) is 4.79 Å². The summed E-state index contributed by atoms with van der Waals surface area (Å²) in [4.78, 5) is 23.6. The lowest BCUT2D eigenvalue weighted by Gasteiger charge is -2.10.